The van der Waals surface area contributed by atoms with Crippen molar-refractivity contribution >= 4 is 7.37 Å². The number of benzene rings is 1. The van der Waals surface area contributed by atoms with Crippen molar-refractivity contribution in [3.05, 3.63) is 35.9 Å². The maximum Gasteiger partial charge on any atom is 0.217 e. The van der Waals surface area contributed by atoms with Gasteiger partial charge in [0.1, 0.15) is 0 Å². The summed E-state index contributed by atoms with van der Waals surface area (Å²) in [6, 6.07) is 9.93. The number of nitrogens with one attached hydrogen (secondary N) is 1. The monoisotopic (exact) mass is 357 g/mol. The topological polar surface area (TPSA) is 78.8 Å². The van der Waals surface area contributed by atoms with Crippen molar-refractivity contribution in [2.45, 2.75) is 45.8 Å². The maximum atomic E-state index is 13.3. The molecule has 0 spiro atoms. The summed E-state index contributed by atoms with van der Waals surface area (Å²) in [6.07, 6.45) is 1.83. The van der Waals surface area contributed by atoms with E-state index in [4.69, 9.17) is 9.63 Å². The Morgan fingerprint density at radius 3 is 2.42 bits per heavy atom. The number of hydrogen-bond acceptors (Lipinski definition) is 5. The van der Waals surface area contributed by atoms with Gasteiger partial charge in [0, 0.05) is 25.9 Å². The van der Waals surface area contributed by atoms with Crippen molar-refractivity contribution in [2.75, 3.05) is 25.7 Å². The normalized spacial score (nSPS) is 15.9. The van der Waals surface area contributed by atoms with Crippen LogP contribution in [0.4, 0.5) is 0 Å². The van der Waals surface area contributed by atoms with E-state index in [1.54, 1.807) is 0 Å². The molecule has 24 heavy (non-hydrogen) atoms. The molecule has 3 N–H and O–H groups in total. The van der Waals surface area contributed by atoms with E-state index in [2.05, 4.69) is 5.32 Å². The van der Waals surface area contributed by atoms with E-state index < -0.39 is 13.0 Å². The molecule has 0 saturated carbocycles. The Balaban J connectivity index is 2.68. The first-order valence-electron chi connectivity index (χ1n) is 8.53. The molecular weight excluding hydrogens is 325 g/mol. The number of rotatable bonds is 11. The first kappa shape index (κ1) is 21.3. The Kier molecular flexibility index (Phi) is 9.17. The van der Waals surface area contributed by atoms with Crippen molar-refractivity contribution in [1.82, 2.24) is 5.32 Å². The van der Waals surface area contributed by atoms with Gasteiger partial charge in [-0.2, -0.15) is 0 Å². The molecule has 2 unspecified atom stereocenters. The lowest BCUT2D eigenvalue weighted by atomic mass is 10.1. The largest absolute Gasteiger partial charge is 0.396 e. The molecule has 0 fully saturated rings. The molecule has 1 aromatic carbocycles. The number of aliphatic hydroxyl groups excluding tert-OH is 2. The second-order valence-electron chi connectivity index (χ2n) is 7.19. The summed E-state index contributed by atoms with van der Waals surface area (Å²) in [5.41, 5.74) is 0.611. The summed E-state index contributed by atoms with van der Waals surface area (Å²) in [5.74, 6) is -0.121. The molecule has 0 aliphatic rings. The predicted molar refractivity (Wildman–Crippen MR) is 98.4 cm³/mol. The highest BCUT2D eigenvalue weighted by molar-refractivity contribution is 7.58. The van der Waals surface area contributed by atoms with Gasteiger partial charge in [0.2, 0.25) is 7.37 Å². The van der Waals surface area contributed by atoms with Gasteiger partial charge >= 0.3 is 0 Å². The van der Waals surface area contributed by atoms with Crippen LogP contribution in [0.15, 0.2) is 30.3 Å². The van der Waals surface area contributed by atoms with Gasteiger partial charge in [0.25, 0.3) is 0 Å². The minimum atomic E-state index is -2.94. The Morgan fingerprint density at radius 1 is 1.21 bits per heavy atom. The van der Waals surface area contributed by atoms with Crippen LogP contribution in [0.1, 0.15) is 39.2 Å². The third-order valence-corrected chi connectivity index (χ3v) is 6.19. The van der Waals surface area contributed by atoms with E-state index in [9.17, 15) is 9.67 Å². The number of hydrogen-bond donors (Lipinski definition) is 3. The molecule has 0 heterocycles. The third kappa shape index (κ3) is 8.95. The first-order valence-corrected chi connectivity index (χ1v) is 10.5. The van der Waals surface area contributed by atoms with Gasteiger partial charge < -0.3 is 20.1 Å². The predicted octanol–water partition coefficient (Wildman–Crippen LogP) is 3.21. The van der Waals surface area contributed by atoms with Gasteiger partial charge in [-0.3, -0.25) is 4.57 Å². The molecule has 2 atom stereocenters. The van der Waals surface area contributed by atoms with Crippen molar-refractivity contribution in [2.24, 2.45) is 5.92 Å². The lowest BCUT2D eigenvalue weighted by Gasteiger charge is -2.30. The highest BCUT2D eigenvalue weighted by Crippen LogP contribution is 2.51. The Morgan fingerprint density at radius 2 is 1.88 bits per heavy atom. The van der Waals surface area contributed by atoms with Gasteiger partial charge in [-0.1, -0.05) is 30.3 Å². The lowest BCUT2D eigenvalue weighted by Crippen LogP contribution is -2.26. The van der Waals surface area contributed by atoms with Crippen LogP contribution in [0.3, 0.4) is 0 Å². The lowest BCUT2D eigenvalue weighted by molar-refractivity contribution is 0.129. The molecule has 0 aromatic heterocycles. The Bertz CT molecular complexity index is 501. The van der Waals surface area contributed by atoms with E-state index >= 15 is 0 Å². The van der Waals surface area contributed by atoms with Crippen molar-refractivity contribution in [3.8, 4) is 0 Å². The van der Waals surface area contributed by atoms with Crippen molar-refractivity contribution in [1.29, 1.82) is 0 Å². The highest BCUT2D eigenvalue weighted by Gasteiger charge is 2.31. The van der Waals surface area contributed by atoms with Gasteiger partial charge in [0.05, 0.1) is 11.9 Å². The fourth-order valence-corrected chi connectivity index (χ4v) is 5.42. The molecule has 0 radical (unpaired) electrons. The standard InChI is InChI=1S/C18H32NO4P/c1-18(2,3)23-24(22,14-17(13-21)10-7-11-20)15-19-12-16-8-5-4-6-9-16/h4-6,8-9,17,19-21H,7,10-15H2,1-3H3. The minimum absolute atomic E-state index is 0.0455. The van der Waals surface area contributed by atoms with Crippen LogP contribution in [-0.4, -0.2) is 41.5 Å². The van der Waals surface area contributed by atoms with Crippen molar-refractivity contribution < 1.29 is 19.3 Å². The second kappa shape index (κ2) is 10.3. The van der Waals surface area contributed by atoms with E-state index in [1.807, 2.05) is 51.1 Å². The fourth-order valence-electron chi connectivity index (χ4n) is 2.61. The van der Waals surface area contributed by atoms with E-state index in [1.165, 1.54) is 0 Å². The van der Waals surface area contributed by atoms with Crippen LogP contribution in [0.25, 0.3) is 0 Å². The zero-order chi connectivity index (χ0) is 18.1. The van der Waals surface area contributed by atoms with Crippen LogP contribution in [0.5, 0.6) is 0 Å². The molecule has 6 heteroatoms. The Labute approximate surface area is 145 Å². The zero-order valence-corrected chi connectivity index (χ0v) is 16.0. The molecule has 0 amide bonds. The molecule has 0 aliphatic carbocycles. The quantitative estimate of drug-likeness (QED) is 0.530. The molecule has 138 valence electrons. The van der Waals surface area contributed by atoms with E-state index in [-0.39, 0.29) is 25.4 Å². The Hall–Kier alpha value is -0.710. The highest BCUT2D eigenvalue weighted by atomic mass is 31.2. The summed E-state index contributed by atoms with van der Waals surface area (Å²) in [6.45, 7) is 6.32. The average molecular weight is 357 g/mol. The average Bonchev–Trinajstić information content (AvgIpc) is 2.50. The molecule has 1 rings (SSSR count). The molecule has 0 aliphatic heterocycles. The third-order valence-electron chi connectivity index (χ3n) is 3.53. The van der Waals surface area contributed by atoms with Gasteiger partial charge in [-0.15, -0.1) is 0 Å². The van der Waals surface area contributed by atoms with Gasteiger partial charge in [-0.05, 0) is 45.1 Å². The molecule has 0 bridgehead atoms. The summed E-state index contributed by atoms with van der Waals surface area (Å²) < 4.78 is 19.2. The van der Waals surface area contributed by atoms with Crippen LogP contribution < -0.4 is 5.32 Å². The van der Waals surface area contributed by atoms with Crippen LogP contribution in [-0.2, 0) is 15.6 Å². The summed E-state index contributed by atoms with van der Waals surface area (Å²) in [4.78, 5) is 0. The molecular formula is C18H32NO4P. The van der Waals surface area contributed by atoms with Gasteiger partial charge in [0.15, 0.2) is 0 Å². The number of aliphatic hydroxyl groups is 2. The van der Waals surface area contributed by atoms with Crippen LogP contribution in [0.2, 0.25) is 0 Å². The minimum Gasteiger partial charge on any atom is -0.396 e. The fraction of sp³-hybridized carbons (Fsp3) is 0.667. The molecule has 0 saturated heterocycles. The van der Waals surface area contributed by atoms with E-state index in [0.717, 1.165) is 5.56 Å². The van der Waals surface area contributed by atoms with E-state index in [0.29, 0.717) is 25.5 Å². The van der Waals surface area contributed by atoms with Gasteiger partial charge in [-0.25, -0.2) is 0 Å². The van der Waals surface area contributed by atoms with Crippen LogP contribution >= 0.6 is 7.37 Å². The second-order valence-corrected chi connectivity index (χ2v) is 9.68. The SMILES string of the molecule is CC(C)(C)OP(=O)(CNCc1ccccc1)CC(CO)CCCO. The van der Waals surface area contributed by atoms with Crippen LogP contribution in [0, 0.1) is 5.92 Å². The maximum absolute atomic E-state index is 13.3. The smallest absolute Gasteiger partial charge is 0.217 e. The summed E-state index contributed by atoms with van der Waals surface area (Å²) >= 11 is 0. The summed E-state index contributed by atoms with van der Waals surface area (Å²) in [7, 11) is -2.94. The van der Waals surface area contributed by atoms with Crippen molar-refractivity contribution in [3.63, 3.8) is 0 Å². The first-order chi connectivity index (χ1) is 11.3. The molecule has 5 nitrogen and oxygen atoms in total. The zero-order valence-electron chi connectivity index (χ0n) is 15.1. The summed E-state index contributed by atoms with van der Waals surface area (Å²) in [5, 5.41) is 21.7. The molecule has 1 aromatic rings.